The van der Waals surface area contributed by atoms with Crippen molar-refractivity contribution in [3.63, 3.8) is 0 Å². The van der Waals surface area contributed by atoms with Crippen molar-refractivity contribution in [3.05, 3.63) is 60.2 Å². The smallest absolute Gasteiger partial charge is 0.248 e. The maximum absolute atomic E-state index is 12.0. The van der Waals surface area contributed by atoms with Gasteiger partial charge in [-0.2, -0.15) is 0 Å². The average molecular weight is 339 g/mol. The average Bonchev–Trinajstić information content (AvgIpc) is 2.61. The summed E-state index contributed by atoms with van der Waals surface area (Å²) in [5.41, 5.74) is 1.58. The Morgan fingerprint density at radius 1 is 1.12 bits per heavy atom. The predicted octanol–water partition coefficient (Wildman–Crippen LogP) is 4.77. The molecule has 0 radical (unpaired) electrons. The van der Waals surface area contributed by atoms with Gasteiger partial charge in [0.25, 0.3) is 0 Å². The quantitative estimate of drug-likeness (QED) is 0.705. The second-order valence-electron chi connectivity index (χ2n) is 6.12. The number of para-hydroxylation sites is 1. The van der Waals surface area contributed by atoms with Gasteiger partial charge in [-0.25, -0.2) is 0 Å². The van der Waals surface area contributed by atoms with Gasteiger partial charge < -0.3 is 14.8 Å². The van der Waals surface area contributed by atoms with Crippen LogP contribution in [-0.2, 0) is 4.79 Å². The fourth-order valence-electron chi connectivity index (χ4n) is 2.20. The summed E-state index contributed by atoms with van der Waals surface area (Å²) >= 11 is 0. The van der Waals surface area contributed by atoms with Gasteiger partial charge in [-0.05, 0) is 48.7 Å². The van der Waals surface area contributed by atoms with E-state index in [9.17, 15) is 4.79 Å². The van der Waals surface area contributed by atoms with Crippen LogP contribution in [-0.4, -0.2) is 19.6 Å². The lowest BCUT2D eigenvalue weighted by molar-refractivity contribution is -0.111. The minimum absolute atomic E-state index is 0.195. The van der Waals surface area contributed by atoms with Crippen molar-refractivity contribution in [1.82, 2.24) is 0 Å². The van der Waals surface area contributed by atoms with E-state index in [-0.39, 0.29) is 5.91 Å². The maximum Gasteiger partial charge on any atom is 0.248 e. The lowest BCUT2D eigenvalue weighted by Crippen LogP contribution is -2.07. The van der Waals surface area contributed by atoms with Gasteiger partial charge in [0.2, 0.25) is 5.91 Å². The van der Waals surface area contributed by atoms with E-state index < -0.39 is 0 Å². The third-order valence-corrected chi connectivity index (χ3v) is 3.64. The number of hydrogen-bond acceptors (Lipinski definition) is 3. The van der Waals surface area contributed by atoms with E-state index in [1.807, 2.05) is 48.5 Å². The molecule has 1 N–H and O–H groups in total. The summed E-state index contributed by atoms with van der Waals surface area (Å²) in [6, 6.07) is 14.9. The van der Waals surface area contributed by atoms with E-state index in [2.05, 4.69) is 19.2 Å². The van der Waals surface area contributed by atoms with Crippen LogP contribution in [0, 0.1) is 5.92 Å². The van der Waals surface area contributed by atoms with Crippen molar-refractivity contribution in [2.24, 2.45) is 5.92 Å². The summed E-state index contributed by atoms with van der Waals surface area (Å²) in [5.74, 6) is 1.96. The molecule has 0 bridgehead atoms. The van der Waals surface area contributed by atoms with Gasteiger partial charge in [-0.1, -0.05) is 32.0 Å². The molecule has 25 heavy (non-hydrogen) atoms. The molecule has 0 aromatic heterocycles. The molecule has 0 unspecified atom stereocenters. The Morgan fingerprint density at radius 2 is 1.84 bits per heavy atom. The third-order valence-electron chi connectivity index (χ3n) is 3.64. The second kappa shape index (κ2) is 9.52. The summed E-state index contributed by atoms with van der Waals surface area (Å²) < 4.78 is 10.9. The Morgan fingerprint density at radius 3 is 2.52 bits per heavy atom. The molecule has 0 fully saturated rings. The van der Waals surface area contributed by atoms with Crippen LogP contribution in [0.3, 0.4) is 0 Å². The Kier molecular flexibility index (Phi) is 7.08. The summed E-state index contributed by atoms with van der Waals surface area (Å²) in [4.78, 5) is 12.0. The van der Waals surface area contributed by atoms with E-state index in [1.165, 1.54) is 6.08 Å². The minimum Gasteiger partial charge on any atom is -0.496 e. The normalized spacial score (nSPS) is 10.9. The van der Waals surface area contributed by atoms with E-state index in [4.69, 9.17) is 9.47 Å². The molecule has 132 valence electrons. The molecule has 4 nitrogen and oxygen atoms in total. The summed E-state index contributed by atoms with van der Waals surface area (Å²) in [6.07, 6.45) is 4.24. The summed E-state index contributed by atoms with van der Waals surface area (Å²) in [6.45, 7) is 5.03. The number of carbonyl (C=O) groups excluding carboxylic acids is 1. The molecule has 0 saturated heterocycles. The van der Waals surface area contributed by atoms with Gasteiger partial charge in [0.15, 0.2) is 0 Å². The number of carbonyl (C=O) groups is 1. The Bertz CT molecular complexity index is 705. The molecule has 0 aliphatic rings. The van der Waals surface area contributed by atoms with Crippen LogP contribution in [0.15, 0.2) is 54.6 Å². The van der Waals surface area contributed by atoms with E-state index in [1.54, 1.807) is 13.2 Å². The molecular weight excluding hydrogens is 314 g/mol. The Balaban J connectivity index is 1.89. The maximum atomic E-state index is 12.0. The predicted molar refractivity (Wildman–Crippen MR) is 102 cm³/mol. The zero-order valence-corrected chi connectivity index (χ0v) is 15.0. The van der Waals surface area contributed by atoms with Crippen molar-refractivity contribution >= 4 is 17.7 Å². The van der Waals surface area contributed by atoms with Gasteiger partial charge in [0, 0.05) is 17.3 Å². The summed E-state index contributed by atoms with van der Waals surface area (Å²) in [7, 11) is 1.61. The van der Waals surface area contributed by atoms with Crippen molar-refractivity contribution in [3.8, 4) is 11.5 Å². The van der Waals surface area contributed by atoms with Crippen LogP contribution < -0.4 is 14.8 Å². The molecule has 0 saturated carbocycles. The van der Waals surface area contributed by atoms with Crippen LogP contribution in [0.1, 0.15) is 25.8 Å². The first-order valence-electron chi connectivity index (χ1n) is 8.43. The van der Waals surface area contributed by atoms with E-state index in [0.717, 1.165) is 29.2 Å². The first kappa shape index (κ1) is 18.6. The van der Waals surface area contributed by atoms with Crippen molar-refractivity contribution < 1.29 is 14.3 Å². The number of hydrogen-bond donors (Lipinski definition) is 1. The molecular formula is C21H25NO3. The standard InChI is InChI=1S/C21H25NO3/c1-16(2)14-15-25-19-11-9-18(10-12-19)22-21(23)13-8-17-6-4-5-7-20(17)24-3/h4-13,16H,14-15H2,1-3H3,(H,22,23)/b13-8+. The molecule has 0 heterocycles. The molecule has 2 aromatic carbocycles. The first-order chi connectivity index (χ1) is 12.1. The number of anilines is 1. The molecule has 2 rings (SSSR count). The fourth-order valence-corrected chi connectivity index (χ4v) is 2.20. The summed E-state index contributed by atoms with van der Waals surface area (Å²) in [5, 5.41) is 2.83. The number of amides is 1. The van der Waals surface area contributed by atoms with Gasteiger partial charge in [0.05, 0.1) is 13.7 Å². The third kappa shape index (κ3) is 6.34. The highest BCUT2D eigenvalue weighted by Gasteiger charge is 2.02. The fraction of sp³-hybridized carbons (Fsp3) is 0.286. The van der Waals surface area contributed by atoms with E-state index in [0.29, 0.717) is 12.5 Å². The highest BCUT2D eigenvalue weighted by Crippen LogP contribution is 2.19. The Hall–Kier alpha value is -2.75. The lowest BCUT2D eigenvalue weighted by atomic mass is 10.1. The molecule has 0 spiro atoms. The molecule has 1 amide bonds. The highest BCUT2D eigenvalue weighted by atomic mass is 16.5. The largest absolute Gasteiger partial charge is 0.496 e. The van der Waals surface area contributed by atoms with Crippen LogP contribution in [0.5, 0.6) is 11.5 Å². The van der Waals surface area contributed by atoms with Gasteiger partial charge in [0.1, 0.15) is 11.5 Å². The van der Waals surface area contributed by atoms with Crippen LogP contribution in [0.25, 0.3) is 6.08 Å². The van der Waals surface area contributed by atoms with Gasteiger partial charge in [-0.3, -0.25) is 4.79 Å². The second-order valence-corrected chi connectivity index (χ2v) is 6.12. The molecule has 0 aliphatic carbocycles. The topological polar surface area (TPSA) is 47.6 Å². The SMILES string of the molecule is COc1ccccc1/C=C/C(=O)Nc1ccc(OCCC(C)C)cc1. The molecule has 0 aliphatic heterocycles. The zero-order chi connectivity index (χ0) is 18.1. The number of methoxy groups -OCH3 is 1. The zero-order valence-electron chi connectivity index (χ0n) is 15.0. The number of ether oxygens (including phenoxy) is 2. The monoisotopic (exact) mass is 339 g/mol. The van der Waals surface area contributed by atoms with Crippen LogP contribution in [0.2, 0.25) is 0 Å². The number of nitrogens with one attached hydrogen (secondary N) is 1. The minimum atomic E-state index is -0.195. The molecule has 0 atom stereocenters. The van der Waals surface area contributed by atoms with Gasteiger partial charge >= 0.3 is 0 Å². The van der Waals surface area contributed by atoms with Crippen molar-refractivity contribution in [2.45, 2.75) is 20.3 Å². The first-order valence-corrected chi connectivity index (χ1v) is 8.43. The lowest BCUT2D eigenvalue weighted by Gasteiger charge is -2.09. The highest BCUT2D eigenvalue weighted by molar-refractivity contribution is 6.02. The Labute approximate surface area is 149 Å². The number of benzene rings is 2. The molecule has 2 aromatic rings. The number of rotatable bonds is 8. The molecule has 4 heteroatoms. The van der Waals surface area contributed by atoms with Crippen molar-refractivity contribution in [2.75, 3.05) is 19.0 Å². The van der Waals surface area contributed by atoms with Gasteiger partial charge in [-0.15, -0.1) is 0 Å². The van der Waals surface area contributed by atoms with Crippen LogP contribution in [0.4, 0.5) is 5.69 Å². The van der Waals surface area contributed by atoms with E-state index >= 15 is 0 Å². The van der Waals surface area contributed by atoms with Crippen molar-refractivity contribution in [1.29, 1.82) is 0 Å². The van der Waals surface area contributed by atoms with Crippen LogP contribution >= 0.6 is 0 Å².